The Labute approximate surface area is 80.7 Å². The first-order valence-electron chi connectivity index (χ1n) is 3.17. The number of benzene rings is 1. The van der Waals surface area contributed by atoms with E-state index in [1.165, 1.54) is 24.3 Å². The fourth-order valence-corrected chi connectivity index (χ4v) is 2.05. The zero-order valence-electron chi connectivity index (χ0n) is 6.17. The SMILES string of the molecule is [O]c1ccccc1SSC(F)(F)F. The normalized spacial score (nSPS) is 11.6. The van der Waals surface area contributed by atoms with E-state index < -0.39 is 5.51 Å². The van der Waals surface area contributed by atoms with Gasteiger partial charge in [-0.15, -0.1) is 0 Å². The van der Waals surface area contributed by atoms with Crippen molar-refractivity contribution < 1.29 is 18.3 Å². The molecule has 0 aromatic heterocycles. The van der Waals surface area contributed by atoms with Gasteiger partial charge in [0.1, 0.15) is 0 Å². The average molecular weight is 225 g/mol. The highest BCUT2D eigenvalue weighted by molar-refractivity contribution is 8.77. The average Bonchev–Trinajstić information content (AvgIpc) is 2.01. The molecule has 1 radical (unpaired) electrons. The summed E-state index contributed by atoms with van der Waals surface area (Å²) in [6.45, 7) is 0. The number of halogens is 3. The Morgan fingerprint density at radius 2 is 1.77 bits per heavy atom. The molecule has 0 saturated carbocycles. The smallest absolute Gasteiger partial charge is 0.289 e. The van der Waals surface area contributed by atoms with E-state index in [1.807, 2.05) is 0 Å². The van der Waals surface area contributed by atoms with E-state index in [1.54, 1.807) is 0 Å². The van der Waals surface area contributed by atoms with Crippen LogP contribution >= 0.6 is 21.6 Å². The van der Waals surface area contributed by atoms with Gasteiger partial charge in [-0.2, -0.15) is 13.2 Å². The molecule has 0 aliphatic carbocycles. The fourth-order valence-electron chi connectivity index (χ4n) is 0.611. The summed E-state index contributed by atoms with van der Waals surface area (Å²) in [6, 6.07) is 5.62. The summed E-state index contributed by atoms with van der Waals surface area (Å²) >= 11 is 0. The minimum Gasteiger partial charge on any atom is -0.289 e. The fraction of sp³-hybridized carbons (Fsp3) is 0.143. The lowest BCUT2D eigenvalue weighted by molar-refractivity contribution is -0.0311. The molecule has 0 heterocycles. The summed E-state index contributed by atoms with van der Waals surface area (Å²) < 4.78 is 35.1. The molecule has 0 bridgehead atoms. The van der Waals surface area contributed by atoms with Crippen molar-refractivity contribution in [3.63, 3.8) is 0 Å². The third kappa shape index (κ3) is 3.82. The maximum Gasteiger partial charge on any atom is 0.452 e. The first-order chi connectivity index (χ1) is 5.99. The molecule has 0 saturated heterocycles. The Bertz CT molecular complexity index is 287. The molecule has 0 N–H and O–H groups in total. The molecule has 0 aliphatic rings. The molecule has 0 fully saturated rings. The third-order valence-corrected chi connectivity index (χ3v) is 3.22. The van der Waals surface area contributed by atoms with Crippen molar-refractivity contribution in [2.75, 3.05) is 0 Å². The summed E-state index contributed by atoms with van der Waals surface area (Å²) in [7, 11) is 0.151. The van der Waals surface area contributed by atoms with Gasteiger partial charge in [0.25, 0.3) is 0 Å². The van der Waals surface area contributed by atoms with Gasteiger partial charge in [0.2, 0.25) is 0 Å². The number of hydrogen-bond acceptors (Lipinski definition) is 2. The van der Waals surface area contributed by atoms with Crippen LogP contribution in [0.2, 0.25) is 0 Å². The van der Waals surface area contributed by atoms with Gasteiger partial charge in [0, 0.05) is 10.8 Å². The zero-order chi connectivity index (χ0) is 9.90. The van der Waals surface area contributed by atoms with Gasteiger partial charge in [-0.3, -0.25) is 5.11 Å². The van der Waals surface area contributed by atoms with E-state index in [-0.39, 0.29) is 21.4 Å². The molecule has 1 rings (SSSR count). The van der Waals surface area contributed by atoms with Crippen LogP contribution in [-0.4, -0.2) is 5.51 Å². The van der Waals surface area contributed by atoms with Crippen molar-refractivity contribution in [3.05, 3.63) is 24.3 Å². The third-order valence-electron chi connectivity index (χ3n) is 1.08. The Morgan fingerprint density at radius 1 is 1.15 bits per heavy atom. The van der Waals surface area contributed by atoms with Crippen LogP contribution in [0.25, 0.3) is 0 Å². The van der Waals surface area contributed by atoms with Crippen LogP contribution in [-0.2, 0) is 5.11 Å². The van der Waals surface area contributed by atoms with Crippen LogP contribution in [0.15, 0.2) is 29.2 Å². The van der Waals surface area contributed by atoms with E-state index in [0.29, 0.717) is 10.8 Å². The second-order valence-corrected chi connectivity index (χ2v) is 4.30. The van der Waals surface area contributed by atoms with Gasteiger partial charge in [-0.05, 0) is 22.9 Å². The predicted octanol–water partition coefficient (Wildman–Crippen LogP) is 4.09. The van der Waals surface area contributed by atoms with Gasteiger partial charge < -0.3 is 0 Å². The van der Waals surface area contributed by atoms with Crippen LogP contribution in [0.3, 0.4) is 0 Å². The maximum atomic E-state index is 11.7. The number of hydrogen-bond donors (Lipinski definition) is 0. The molecule has 6 heteroatoms. The van der Waals surface area contributed by atoms with Crippen LogP contribution in [0, 0.1) is 0 Å². The lowest BCUT2D eigenvalue weighted by Gasteiger charge is -2.04. The highest BCUT2D eigenvalue weighted by Crippen LogP contribution is 2.46. The first kappa shape index (κ1) is 10.6. The van der Waals surface area contributed by atoms with Crippen LogP contribution in [0.5, 0.6) is 5.75 Å². The van der Waals surface area contributed by atoms with Gasteiger partial charge in [-0.1, -0.05) is 12.1 Å². The lowest BCUT2D eigenvalue weighted by Crippen LogP contribution is -1.95. The molecule has 71 valence electrons. The molecule has 0 spiro atoms. The summed E-state index contributed by atoms with van der Waals surface area (Å²) in [5.41, 5.74) is -4.31. The molecule has 1 aromatic carbocycles. The predicted molar refractivity (Wildman–Crippen MR) is 46.1 cm³/mol. The van der Waals surface area contributed by atoms with Crippen molar-refractivity contribution in [2.24, 2.45) is 0 Å². The Morgan fingerprint density at radius 3 is 2.31 bits per heavy atom. The van der Waals surface area contributed by atoms with E-state index in [9.17, 15) is 18.3 Å². The molecular formula is C7H4F3OS2. The summed E-state index contributed by atoms with van der Waals surface area (Å²) in [5.74, 6) is -0.385. The zero-order valence-corrected chi connectivity index (χ0v) is 7.80. The van der Waals surface area contributed by atoms with E-state index in [2.05, 4.69) is 0 Å². The van der Waals surface area contributed by atoms with Crippen LogP contribution in [0.1, 0.15) is 0 Å². The number of rotatable bonds is 2. The highest BCUT2D eigenvalue weighted by atomic mass is 33.1. The molecule has 0 amide bonds. The second-order valence-electron chi connectivity index (χ2n) is 2.06. The molecule has 0 unspecified atom stereocenters. The molecule has 1 aromatic rings. The van der Waals surface area contributed by atoms with Gasteiger partial charge in [0.05, 0.1) is 4.90 Å². The largest absolute Gasteiger partial charge is 0.452 e. The monoisotopic (exact) mass is 225 g/mol. The van der Waals surface area contributed by atoms with Crippen molar-refractivity contribution in [1.29, 1.82) is 0 Å². The minimum atomic E-state index is -4.31. The molecule has 0 aliphatic heterocycles. The highest BCUT2D eigenvalue weighted by Gasteiger charge is 2.29. The van der Waals surface area contributed by atoms with E-state index in [0.717, 1.165) is 0 Å². The quantitative estimate of drug-likeness (QED) is 0.706. The van der Waals surface area contributed by atoms with Crippen molar-refractivity contribution in [3.8, 4) is 5.75 Å². The van der Waals surface area contributed by atoms with Gasteiger partial charge in [-0.25, -0.2) is 0 Å². The van der Waals surface area contributed by atoms with Gasteiger partial charge in [0.15, 0.2) is 5.75 Å². The van der Waals surface area contributed by atoms with Crippen molar-refractivity contribution in [1.82, 2.24) is 0 Å². The Kier molecular flexibility index (Phi) is 3.38. The van der Waals surface area contributed by atoms with Crippen LogP contribution < -0.4 is 0 Å². The lowest BCUT2D eigenvalue weighted by atomic mass is 10.3. The topological polar surface area (TPSA) is 19.9 Å². The first-order valence-corrected chi connectivity index (χ1v) is 5.32. The molecular weight excluding hydrogens is 221 g/mol. The minimum absolute atomic E-state index is 0.102. The van der Waals surface area contributed by atoms with E-state index in [4.69, 9.17) is 0 Å². The van der Waals surface area contributed by atoms with E-state index >= 15 is 0 Å². The Hall–Kier alpha value is -0.490. The Balaban J connectivity index is 2.60. The van der Waals surface area contributed by atoms with Crippen molar-refractivity contribution in [2.45, 2.75) is 10.4 Å². The number of para-hydroxylation sites is 1. The van der Waals surface area contributed by atoms with Crippen molar-refractivity contribution >= 4 is 21.6 Å². The summed E-state index contributed by atoms with van der Waals surface area (Å²) in [6.07, 6.45) is 0. The standard InChI is InChI=1S/C7H4F3OS2/c8-7(9,10)13-12-6-4-2-1-3-5(6)11/h1-4H. The molecule has 1 nitrogen and oxygen atoms in total. The molecule has 0 atom stereocenters. The molecule has 13 heavy (non-hydrogen) atoms. The maximum absolute atomic E-state index is 11.7. The van der Waals surface area contributed by atoms with Gasteiger partial charge >= 0.3 is 5.51 Å². The second kappa shape index (κ2) is 4.15. The summed E-state index contributed by atoms with van der Waals surface area (Å²) in [5, 5.41) is 10.9. The summed E-state index contributed by atoms with van der Waals surface area (Å²) in [4.78, 5) is 0.102. The number of alkyl halides is 3. The van der Waals surface area contributed by atoms with Crippen LogP contribution in [0.4, 0.5) is 13.2 Å².